The minimum Gasteiger partial charge on any atom is -0.393 e. The zero-order valence-corrected chi connectivity index (χ0v) is 14.2. The van der Waals surface area contributed by atoms with Crippen LogP contribution >= 0.6 is 0 Å². The molecule has 4 fully saturated rings. The van der Waals surface area contributed by atoms with Gasteiger partial charge in [0.2, 0.25) is 0 Å². The van der Waals surface area contributed by atoms with E-state index in [4.69, 9.17) is 0 Å². The Morgan fingerprint density at radius 3 is 2.57 bits per heavy atom. The van der Waals surface area contributed by atoms with Gasteiger partial charge in [0.1, 0.15) is 11.5 Å². The Kier molecular flexibility index (Phi) is 3.33. The highest BCUT2D eigenvalue weighted by molar-refractivity contribution is 5.87. The topological polar surface area (TPSA) is 57.5 Å². The Hall–Kier alpha value is -0.480. The second kappa shape index (κ2) is 4.78. The number of carbonyl (C=O) groups excluding carboxylic acids is 1. The number of Topliss-reactive ketones (excluding diaryl/α,β-unsaturated/α-hetero) is 1. The Labute approximate surface area is 137 Å². The predicted octanol–water partition coefficient (Wildman–Crippen LogP) is 3.02. The number of fused-ring (bicyclic) bond motifs is 5. The SMILES string of the molecule is C[C@]12CC[C@@H](O)C[C@@H]1CCC1C3CCC(=O)[C@@]3(C)CC(O)[C@@]12F. The molecule has 0 heterocycles. The van der Waals surface area contributed by atoms with E-state index in [1.807, 2.05) is 13.8 Å². The highest BCUT2D eigenvalue weighted by Crippen LogP contribution is 2.68. The third kappa shape index (κ3) is 1.80. The molecule has 4 aliphatic rings. The molecule has 4 heteroatoms. The molecule has 0 radical (unpaired) electrons. The number of carbonyl (C=O) groups is 1. The van der Waals surface area contributed by atoms with E-state index in [9.17, 15) is 15.0 Å². The van der Waals surface area contributed by atoms with Crippen LogP contribution in [-0.2, 0) is 4.79 Å². The monoisotopic (exact) mass is 324 g/mol. The molecule has 130 valence electrons. The molecule has 23 heavy (non-hydrogen) atoms. The van der Waals surface area contributed by atoms with Crippen molar-refractivity contribution in [2.75, 3.05) is 0 Å². The third-order valence-corrected chi connectivity index (χ3v) is 8.42. The van der Waals surface area contributed by atoms with Crippen LogP contribution in [-0.4, -0.2) is 33.9 Å². The van der Waals surface area contributed by atoms with Crippen LogP contribution < -0.4 is 0 Å². The van der Waals surface area contributed by atoms with Crippen LogP contribution in [0.5, 0.6) is 0 Å². The third-order valence-electron chi connectivity index (χ3n) is 8.42. The van der Waals surface area contributed by atoms with E-state index in [0.717, 1.165) is 19.3 Å². The van der Waals surface area contributed by atoms with Gasteiger partial charge >= 0.3 is 0 Å². The molecule has 4 saturated carbocycles. The number of aliphatic hydroxyl groups excluding tert-OH is 2. The average Bonchev–Trinajstić information content (AvgIpc) is 2.77. The van der Waals surface area contributed by atoms with Crippen LogP contribution in [0.2, 0.25) is 0 Å². The smallest absolute Gasteiger partial charge is 0.145 e. The van der Waals surface area contributed by atoms with Crippen LogP contribution in [0.3, 0.4) is 0 Å². The van der Waals surface area contributed by atoms with Gasteiger partial charge in [-0.1, -0.05) is 13.8 Å². The highest BCUT2D eigenvalue weighted by Gasteiger charge is 2.71. The maximum absolute atomic E-state index is 16.6. The molecule has 0 bridgehead atoms. The molecule has 0 aliphatic heterocycles. The summed E-state index contributed by atoms with van der Waals surface area (Å²) in [6, 6.07) is 0. The zero-order chi connectivity index (χ0) is 16.6. The first-order valence-electron chi connectivity index (χ1n) is 9.32. The van der Waals surface area contributed by atoms with Gasteiger partial charge < -0.3 is 10.2 Å². The van der Waals surface area contributed by atoms with Crippen molar-refractivity contribution in [3.63, 3.8) is 0 Å². The first kappa shape index (κ1) is 16.0. The summed E-state index contributed by atoms with van der Waals surface area (Å²) in [5, 5.41) is 20.9. The van der Waals surface area contributed by atoms with Gasteiger partial charge in [0.25, 0.3) is 0 Å². The largest absolute Gasteiger partial charge is 0.393 e. The van der Waals surface area contributed by atoms with Crippen LogP contribution in [0.15, 0.2) is 0 Å². The molecule has 2 N–H and O–H groups in total. The lowest BCUT2D eigenvalue weighted by Crippen LogP contribution is -2.69. The van der Waals surface area contributed by atoms with Crippen molar-refractivity contribution in [2.24, 2.45) is 28.6 Å². The van der Waals surface area contributed by atoms with Crippen molar-refractivity contribution >= 4 is 5.78 Å². The molecule has 3 unspecified atom stereocenters. The van der Waals surface area contributed by atoms with Crippen LogP contribution in [0.25, 0.3) is 0 Å². The molecule has 0 spiro atoms. The number of aliphatic hydroxyl groups is 2. The number of rotatable bonds is 0. The predicted molar refractivity (Wildman–Crippen MR) is 84.5 cm³/mol. The second-order valence-corrected chi connectivity index (χ2v) is 9.20. The van der Waals surface area contributed by atoms with E-state index in [2.05, 4.69) is 0 Å². The zero-order valence-electron chi connectivity index (χ0n) is 14.2. The summed E-state index contributed by atoms with van der Waals surface area (Å²) in [7, 11) is 0. The van der Waals surface area contributed by atoms with Crippen molar-refractivity contribution in [2.45, 2.75) is 83.1 Å². The molecule has 0 amide bonds. The molecule has 0 saturated heterocycles. The van der Waals surface area contributed by atoms with Crippen molar-refractivity contribution < 1.29 is 19.4 Å². The van der Waals surface area contributed by atoms with Gasteiger partial charge in [-0.2, -0.15) is 0 Å². The van der Waals surface area contributed by atoms with Crippen molar-refractivity contribution in [1.82, 2.24) is 0 Å². The van der Waals surface area contributed by atoms with Gasteiger partial charge in [-0.25, -0.2) is 4.39 Å². The number of hydrogen-bond donors (Lipinski definition) is 2. The molecule has 4 rings (SSSR count). The number of alkyl halides is 1. The first-order valence-corrected chi connectivity index (χ1v) is 9.32. The molecular weight excluding hydrogens is 295 g/mol. The number of halogens is 1. The van der Waals surface area contributed by atoms with Crippen LogP contribution in [0.1, 0.15) is 65.2 Å². The summed E-state index contributed by atoms with van der Waals surface area (Å²) in [6.07, 6.45) is 3.79. The van der Waals surface area contributed by atoms with Gasteiger partial charge in [-0.05, 0) is 62.7 Å². The molecule has 8 atom stereocenters. The standard InChI is InChI=1S/C19H29FO3/c1-17-10-16(23)19(20)14(13(17)5-6-15(17)22)4-3-11-9-12(21)7-8-18(11,19)2/h11-14,16,21,23H,3-10H2,1-2H3/t11-,12+,13?,14?,16?,17-,18-,19-/m0/s1. The van der Waals surface area contributed by atoms with Gasteiger partial charge in [0.15, 0.2) is 0 Å². The Balaban J connectivity index is 1.76. The Morgan fingerprint density at radius 2 is 1.83 bits per heavy atom. The normalized spacial score (nSPS) is 59.2. The molecule has 0 aromatic carbocycles. The van der Waals surface area contributed by atoms with E-state index in [1.165, 1.54) is 0 Å². The molecular formula is C19H29FO3. The van der Waals surface area contributed by atoms with E-state index < -0.39 is 22.6 Å². The summed E-state index contributed by atoms with van der Waals surface area (Å²) >= 11 is 0. The maximum atomic E-state index is 16.6. The minimum absolute atomic E-state index is 0.0769. The molecule has 0 aromatic rings. The van der Waals surface area contributed by atoms with E-state index in [-0.39, 0.29) is 36.1 Å². The minimum atomic E-state index is -1.61. The maximum Gasteiger partial charge on any atom is 0.145 e. The lowest BCUT2D eigenvalue weighted by Gasteiger charge is -2.64. The summed E-state index contributed by atoms with van der Waals surface area (Å²) in [5.74, 6) is 0.228. The average molecular weight is 324 g/mol. The van der Waals surface area contributed by atoms with E-state index >= 15 is 4.39 Å². The number of ketones is 1. The number of hydrogen-bond acceptors (Lipinski definition) is 3. The lowest BCUT2D eigenvalue weighted by molar-refractivity contribution is -0.244. The van der Waals surface area contributed by atoms with E-state index in [1.54, 1.807) is 0 Å². The Morgan fingerprint density at radius 1 is 1.09 bits per heavy atom. The van der Waals surface area contributed by atoms with Crippen LogP contribution in [0.4, 0.5) is 4.39 Å². The molecule has 0 aromatic heterocycles. The van der Waals surface area contributed by atoms with Crippen molar-refractivity contribution in [1.29, 1.82) is 0 Å². The fourth-order valence-electron chi connectivity index (χ4n) is 7.01. The molecule has 4 aliphatic carbocycles. The fraction of sp³-hybridized carbons (Fsp3) is 0.947. The highest BCUT2D eigenvalue weighted by atomic mass is 19.1. The van der Waals surface area contributed by atoms with Gasteiger partial charge in [-0.3, -0.25) is 4.79 Å². The van der Waals surface area contributed by atoms with Crippen LogP contribution in [0, 0.1) is 28.6 Å². The summed E-state index contributed by atoms with van der Waals surface area (Å²) in [6.45, 7) is 3.95. The summed E-state index contributed by atoms with van der Waals surface area (Å²) in [4.78, 5) is 12.4. The second-order valence-electron chi connectivity index (χ2n) is 9.20. The quantitative estimate of drug-likeness (QED) is 0.720. The van der Waals surface area contributed by atoms with Gasteiger partial charge in [0.05, 0.1) is 12.2 Å². The summed E-state index contributed by atoms with van der Waals surface area (Å²) < 4.78 is 16.6. The van der Waals surface area contributed by atoms with E-state index in [0.29, 0.717) is 25.7 Å². The molecule has 3 nitrogen and oxygen atoms in total. The first-order chi connectivity index (χ1) is 10.7. The van der Waals surface area contributed by atoms with Gasteiger partial charge in [0, 0.05) is 17.3 Å². The van der Waals surface area contributed by atoms with Crippen molar-refractivity contribution in [3.8, 4) is 0 Å². The van der Waals surface area contributed by atoms with Gasteiger partial charge in [-0.15, -0.1) is 0 Å². The Bertz CT molecular complexity index is 537. The lowest BCUT2D eigenvalue weighted by atomic mass is 9.43. The summed E-state index contributed by atoms with van der Waals surface area (Å²) in [5.41, 5.74) is -2.70. The fourth-order valence-corrected chi connectivity index (χ4v) is 7.01. The van der Waals surface area contributed by atoms with Crippen molar-refractivity contribution in [3.05, 3.63) is 0 Å².